The van der Waals surface area contributed by atoms with Crippen LogP contribution in [0.3, 0.4) is 0 Å². The Bertz CT molecular complexity index is 557. The van der Waals surface area contributed by atoms with Crippen molar-refractivity contribution in [3.8, 4) is 0 Å². The molecule has 1 atom stereocenters. The van der Waals surface area contributed by atoms with Gasteiger partial charge in [0.25, 0.3) is 0 Å². The van der Waals surface area contributed by atoms with E-state index in [4.69, 9.17) is 25.2 Å². The second-order valence-electron chi connectivity index (χ2n) is 4.61. The highest BCUT2D eigenvalue weighted by molar-refractivity contribution is 7.48. The molecule has 0 amide bonds. The Morgan fingerprint density at radius 1 is 0.909 bits per heavy atom. The molecule has 22 heavy (non-hydrogen) atoms. The first kappa shape index (κ1) is 17.2. The van der Waals surface area contributed by atoms with Gasteiger partial charge in [0.15, 0.2) is 0 Å². The Balaban J connectivity index is 1.98. The van der Waals surface area contributed by atoms with Gasteiger partial charge in [0, 0.05) is 0 Å². The third-order valence-corrected chi connectivity index (χ3v) is 4.42. The van der Waals surface area contributed by atoms with Gasteiger partial charge in [0.2, 0.25) is 0 Å². The molecule has 0 aromatic heterocycles. The molecule has 118 valence electrons. The van der Waals surface area contributed by atoms with Crippen molar-refractivity contribution in [2.24, 2.45) is 0 Å². The topological polar surface area (TPSA) is 44.8 Å². The van der Waals surface area contributed by atoms with Crippen LogP contribution in [0.4, 0.5) is 0 Å². The molecule has 0 fully saturated rings. The molecule has 0 radical (unpaired) electrons. The summed E-state index contributed by atoms with van der Waals surface area (Å²) in [6.45, 7) is 1.80. The molecule has 2 aromatic carbocycles. The van der Waals surface area contributed by atoms with E-state index < -0.39 is 13.4 Å². The molecule has 4 nitrogen and oxygen atoms in total. The predicted octanol–water partition coefficient (Wildman–Crippen LogP) is 5.13. The first-order chi connectivity index (χ1) is 10.6. The monoisotopic (exact) mass is 340 g/mol. The van der Waals surface area contributed by atoms with Gasteiger partial charge >= 0.3 is 7.82 Å². The van der Waals surface area contributed by atoms with E-state index in [9.17, 15) is 4.57 Å². The van der Waals surface area contributed by atoms with Crippen LogP contribution < -0.4 is 0 Å². The van der Waals surface area contributed by atoms with E-state index in [0.717, 1.165) is 11.1 Å². The van der Waals surface area contributed by atoms with E-state index >= 15 is 0 Å². The summed E-state index contributed by atoms with van der Waals surface area (Å²) in [5.41, 5.74) is 0.964. The average Bonchev–Trinajstić information content (AvgIpc) is 2.53. The molecular formula is C16H18ClO4P. The lowest BCUT2D eigenvalue weighted by Crippen LogP contribution is -2.05. The van der Waals surface area contributed by atoms with E-state index in [1.54, 1.807) is 6.92 Å². The minimum absolute atomic E-state index is 0.122. The molecule has 1 unspecified atom stereocenters. The minimum atomic E-state index is -3.74. The Morgan fingerprint density at radius 3 is 1.68 bits per heavy atom. The van der Waals surface area contributed by atoms with Gasteiger partial charge < -0.3 is 0 Å². The Hall–Kier alpha value is -1.16. The first-order valence-corrected chi connectivity index (χ1v) is 8.76. The molecule has 0 aliphatic rings. The minimum Gasteiger partial charge on any atom is -0.282 e. The summed E-state index contributed by atoms with van der Waals surface area (Å²) in [6.07, 6.45) is 0. The molecule has 0 spiro atoms. The largest absolute Gasteiger partial charge is 0.476 e. The second kappa shape index (κ2) is 8.47. The van der Waals surface area contributed by atoms with Crippen molar-refractivity contribution in [1.82, 2.24) is 0 Å². The van der Waals surface area contributed by atoms with Crippen LogP contribution >= 0.6 is 19.4 Å². The van der Waals surface area contributed by atoms with Crippen LogP contribution in [-0.2, 0) is 31.4 Å². The van der Waals surface area contributed by atoms with Crippen molar-refractivity contribution in [1.29, 1.82) is 0 Å². The van der Waals surface area contributed by atoms with Crippen molar-refractivity contribution >= 4 is 19.4 Å². The molecule has 0 saturated carbocycles. The van der Waals surface area contributed by atoms with Crippen LogP contribution in [0.1, 0.15) is 18.1 Å². The summed E-state index contributed by atoms with van der Waals surface area (Å²) in [6, 6.07) is 18.8. The fraction of sp³-hybridized carbons (Fsp3) is 0.250. The van der Waals surface area contributed by atoms with E-state index in [1.165, 1.54) is 0 Å². The third kappa shape index (κ3) is 5.91. The van der Waals surface area contributed by atoms with Gasteiger partial charge in [-0.05, 0) is 18.1 Å². The zero-order chi connectivity index (χ0) is 15.8. The summed E-state index contributed by atoms with van der Waals surface area (Å²) < 4.78 is 28.5. The Morgan fingerprint density at radius 2 is 1.32 bits per heavy atom. The Labute approximate surface area is 135 Å². The quantitative estimate of drug-likeness (QED) is 0.493. The van der Waals surface area contributed by atoms with Crippen molar-refractivity contribution in [3.05, 3.63) is 71.8 Å². The fourth-order valence-corrected chi connectivity index (χ4v) is 3.19. The molecule has 2 aromatic rings. The molecule has 0 N–H and O–H groups in total. The maximum absolute atomic E-state index is 12.6. The number of halogens is 1. The lowest BCUT2D eigenvalue weighted by molar-refractivity contribution is 0.0975. The van der Waals surface area contributed by atoms with E-state index in [0.29, 0.717) is 0 Å². The zero-order valence-corrected chi connectivity index (χ0v) is 13.9. The molecule has 6 heteroatoms. The number of phosphoric ester groups is 1. The Kier molecular flexibility index (Phi) is 6.62. The van der Waals surface area contributed by atoms with E-state index in [2.05, 4.69) is 0 Å². The summed E-state index contributed by atoms with van der Waals surface area (Å²) in [4.78, 5) is 0. The first-order valence-electron chi connectivity index (χ1n) is 6.87. The van der Waals surface area contributed by atoms with Crippen LogP contribution in [0.5, 0.6) is 0 Å². The number of hydrogen-bond donors (Lipinski definition) is 0. The fourth-order valence-electron chi connectivity index (χ4n) is 1.73. The zero-order valence-electron chi connectivity index (χ0n) is 12.2. The van der Waals surface area contributed by atoms with Crippen LogP contribution in [0.2, 0.25) is 0 Å². The number of rotatable bonds is 8. The van der Waals surface area contributed by atoms with Gasteiger partial charge in [0.1, 0.15) is 5.56 Å². The van der Waals surface area contributed by atoms with Crippen LogP contribution in [0, 0.1) is 0 Å². The van der Waals surface area contributed by atoms with Gasteiger partial charge in [-0.3, -0.25) is 13.6 Å². The number of alkyl halides is 1. The van der Waals surface area contributed by atoms with Gasteiger partial charge in [-0.1, -0.05) is 72.3 Å². The SMILES string of the molecule is CC(Cl)OP(=O)(OCc1ccccc1)OCc1ccccc1. The molecule has 0 aliphatic carbocycles. The highest BCUT2D eigenvalue weighted by Crippen LogP contribution is 2.52. The second-order valence-corrected chi connectivity index (χ2v) is 6.85. The van der Waals surface area contributed by atoms with E-state index in [1.807, 2.05) is 60.7 Å². The van der Waals surface area contributed by atoms with Gasteiger partial charge in [-0.2, -0.15) is 0 Å². The van der Waals surface area contributed by atoms with Gasteiger partial charge in [0.05, 0.1) is 13.2 Å². The van der Waals surface area contributed by atoms with Crippen molar-refractivity contribution in [2.45, 2.75) is 25.7 Å². The predicted molar refractivity (Wildman–Crippen MR) is 86.5 cm³/mol. The molecule has 0 aliphatic heterocycles. The van der Waals surface area contributed by atoms with Crippen molar-refractivity contribution in [3.63, 3.8) is 0 Å². The smallest absolute Gasteiger partial charge is 0.282 e. The summed E-state index contributed by atoms with van der Waals surface area (Å²) in [5.74, 6) is 0. The molecular weight excluding hydrogens is 323 g/mol. The molecule has 0 saturated heterocycles. The normalized spacial score (nSPS) is 13.0. The average molecular weight is 341 g/mol. The van der Waals surface area contributed by atoms with Crippen molar-refractivity contribution in [2.75, 3.05) is 0 Å². The van der Waals surface area contributed by atoms with Crippen LogP contribution in [0.15, 0.2) is 60.7 Å². The highest BCUT2D eigenvalue weighted by Gasteiger charge is 2.29. The van der Waals surface area contributed by atoms with Crippen LogP contribution in [0.25, 0.3) is 0 Å². The standard InChI is InChI=1S/C16H18ClO4P/c1-14(17)21-22(18,19-12-15-8-4-2-5-9-15)20-13-16-10-6-3-7-11-16/h2-11,14H,12-13H2,1H3. The summed E-state index contributed by atoms with van der Waals surface area (Å²) in [5, 5.41) is 0. The van der Waals surface area contributed by atoms with Crippen molar-refractivity contribution < 1.29 is 18.1 Å². The molecule has 0 bridgehead atoms. The maximum atomic E-state index is 12.6. The van der Waals surface area contributed by atoms with Gasteiger partial charge in [-0.15, -0.1) is 0 Å². The summed E-state index contributed by atoms with van der Waals surface area (Å²) >= 11 is 5.77. The van der Waals surface area contributed by atoms with Gasteiger partial charge in [-0.25, -0.2) is 4.57 Å². The summed E-state index contributed by atoms with van der Waals surface area (Å²) in [7, 11) is -3.74. The van der Waals surface area contributed by atoms with E-state index in [-0.39, 0.29) is 13.2 Å². The van der Waals surface area contributed by atoms with Crippen LogP contribution in [-0.4, -0.2) is 5.56 Å². The number of benzene rings is 2. The molecule has 0 heterocycles. The lowest BCUT2D eigenvalue weighted by atomic mass is 10.2. The maximum Gasteiger partial charge on any atom is 0.476 e. The number of phosphoric acid groups is 1. The highest BCUT2D eigenvalue weighted by atomic mass is 35.5. The molecule has 2 rings (SSSR count). The third-order valence-electron chi connectivity index (χ3n) is 2.74. The lowest BCUT2D eigenvalue weighted by Gasteiger charge is -2.19. The number of hydrogen-bond acceptors (Lipinski definition) is 4.